The van der Waals surface area contributed by atoms with Crippen LogP contribution >= 0.6 is 23.1 Å². The number of hydrogen-bond donors (Lipinski definition) is 1. The van der Waals surface area contributed by atoms with Gasteiger partial charge in [-0.25, -0.2) is 4.98 Å². The second kappa shape index (κ2) is 8.65. The number of aromatic nitrogens is 2. The molecular weight excluding hydrogens is 505 g/mol. The molecule has 4 aromatic rings. The number of para-hydroxylation sites is 1. The van der Waals surface area contributed by atoms with E-state index in [9.17, 15) is 0 Å². The molecule has 2 atom stereocenters. The predicted octanol–water partition coefficient (Wildman–Crippen LogP) is 8.51. The number of allylic oxidation sites excluding steroid dienone is 5. The second-order valence-electron chi connectivity index (χ2n) is 10.4. The Morgan fingerprint density at radius 2 is 1.95 bits per heavy atom. The lowest BCUT2D eigenvalue weighted by Gasteiger charge is -2.30. The van der Waals surface area contributed by atoms with E-state index in [4.69, 9.17) is 4.98 Å². The quantitative estimate of drug-likeness (QED) is 0.284. The largest absolute Gasteiger partial charge is 0.367 e. The molecule has 2 aliphatic carbocycles. The molecule has 0 saturated heterocycles. The molecule has 2 unspecified atom stereocenters. The van der Waals surface area contributed by atoms with Crippen LogP contribution in [-0.4, -0.2) is 27.0 Å². The predicted molar refractivity (Wildman–Crippen MR) is 162 cm³/mol. The van der Waals surface area contributed by atoms with Crippen LogP contribution in [0.4, 0.5) is 5.00 Å². The molecule has 8 rings (SSSR count). The summed E-state index contributed by atoms with van der Waals surface area (Å²) in [6.07, 6.45) is 12.9. The van der Waals surface area contributed by atoms with Crippen LogP contribution in [0, 0.1) is 0 Å². The van der Waals surface area contributed by atoms with Crippen LogP contribution in [0.15, 0.2) is 88.6 Å². The highest BCUT2D eigenvalue weighted by atomic mass is 32.2. The monoisotopic (exact) mass is 534 g/mol. The molecule has 0 spiro atoms. The number of likely N-dealkylation sites (N-methyl/N-ethyl adjacent to an activating group) is 1. The van der Waals surface area contributed by atoms with E-state index in [1.807, 2.05) is 11.8 Å². The Labute approximate surface area is 231 Å². The summed E-state index contributed by atoms with van der Waals surface area (Å²) in [5.74, 6) is 0. The van der Waals surface area contributed by atoms with Crippen LogP contribution in [0.5, 0.6) is 0 Å². The van der Waals surface area contributed by atoms with Gasteiger partial charge in [-0.3, -0.25) is 0 Å². The SMILES string of the molecule is CCN1C2=C(C=CCC2)C2=CC(c3nc4c(s3)NC(c3ccc5c(c3)c3ccccc3n5CC)S4)=CCC21. The van der Waals surface area contributed by atoms with Crippen LogP contribution in [-0.2, 0) is 6.54 Å². The van der Waals surface area contributed by atoms with Gasteiger partial charge >= 0.3 is 0 Å². The molecule has 0 saturated carbocycles. The van der Waals surface area contributed by atoms with Crippen LogP contribution in [0.1, 0.15) is 49.1 Å². The number of anilines is 1. The van der Waals surface area contributed by atoms with Crippen molar-refractivity contribution in [2.24, 2.45) is 0 Å². The number of fused-ring (bicyclic) bond motifs is 6. The van der Waals surface area contributed by atoms with Crippen molar-refractivity contribution in [3.8, 4) is 0 Å². The van der Waals surface area contributed by atoms with E-state index >= 15 is 0 Å². The lowest BCUT2D eigenvalue weighted by Crippen LogP contribution is -2.31. The number of benzene rings is 2. The summed E-state index contributed by atoms with van der Waals surface area (Å²) < 4.78 is 2.41. The Morgan fingerprint density at radius 1 is 1.05 bits per heavy atom. The van der Waals surface area contributed by atoms with Gasteiger partial charge in [0.1, 0.15) is 20.4 Å². The highest BCUT2D eigenvalue weighted by molar-refractivity contribution is 8.00. The van der Waals surface area contributed by atoms with Crippen molar-refractivity contribution in [1.82, 2.24) is 14.5 Å². The molecule has 4 nitrogen and oxygen atoms in total. The highest BCUT2D eigenvalue weighted by Gasteiger charge is 2.36. The van der Waals surface area contributed by atoms with Gasteiger partial charge in [0.15, 0.2) is 0 Å². The maximum Gasteiger partial charge on any atom is 0.134 e. The molecule has 0 bridgehead atoms. The first-order chi connectivity index (χ1) is 18.7. The highest BCUT2D eigenvalue weighted by Crippen LogP contribution is 2.51. The summed E-state index contributed by atoms with van der Waals surface area (Å²) in [6.45, 7) is 6.56. The first kappa shape index (κ1) is 22.7. The minimum Gasteiger partial charge on any atom is -0.367 e. The molecule has 2 aromatic heterocycles. The Morgan fingerprint density at radius 3 is 2.82 bits per heavy atom. The third-order valence-corrected chi connectivity index (χ3v) is 10.8. The number of thiazole rings is 1. The number of rotatable bonds is 4. The summed E-state index contributed by atoms with van der Waals surface area (Å²) >= 11 is 3.65. The second-order valence-corrected chi connectivity index (χ2v) is 12.5. The van der Waals surface area contributed by atoms with Crippen LogP contribution < -0.4 is 5.32 Å². The number of aryl methyl sites for hydroxylation is 1. The fraction of sp³-hybridized carbons (Fsp3) is 0.281. The van der Waals surface area contributed by atoms with Gasteiger partial charge in [0.25, 0.3) is 0 Å². The fourth-order valence-corrected chi connectivity index (χ4v) is 9.08. The summed E-state index contributed by atoms with van der Waals surface area (Å²) in [6, 6.07) is 16.2. The van der Waals surface area contributed by atoms with E-state index in [-0.39, 0.29) is 5.37 Å². The molecule has 38 heavy (non-hydrogen) atoms. The van der Waals surface area contributed by atoms with Crippen molar-refractivity contribution < 1.29 is 0 Å². The van der Waals surface area contributed by atoms with Gasteiger partial charge in [0, 0.05) is 46.2 Å². The topological polar surface area (TPSA) is 33.1 Å². The van der Waals surface area contributed by atoms with E-state index in [1.165, 1.54) is 55.5 Å². The van der Waals surface area contributed by atoms with E-state index < -0.39 is 0 Å². The lowest BCUT2D eigenvalue weighted by molar-refractivity contribution is 0.308. The van der Waals surface area contributed by atoms with E-state index in [0.717, 1.165) is 36.0 Å². The summed E-state index contributed by atoms with van der Waals surface area (Å²) in [5, 5.41) is 10.1. The van der Waals surface area contributed by atoms with Gasteiger partial charge < -0.3 is 14.8 Å². The first-order valence-corrected chi connectivity index (χ1v) is 15.5. The van der Waals surface area contributed by atoms with Crippen LogP contribution in [0.2, 0.25) is 0 Å². The van der Waals surface area contributed by atoms with E-state index in [2.05, 4.69) is 95.4 Å². The molecule has 190 valence electrons. The van der Waals surface area contributed by atoms with Gasteiger partial charge in [0.05, 0.1) is 6.04 Å². The van der Waals surface area contributed by atoms with Crippen molar-refractivity contribution in [2.45, 2.75) is 56.1 Å². The van der Waals surface area contributed by atoms with Crippen LogP contribution in [0.3, 0.4) is 0 Å². The average Bonchev–Trinajstić information content (AvgIpc) is 3.70. The van der Waals surface area contributed by atoms with Crippen molar-refractivity contribution >= 4 is 55.5 Å². The van der Waals surface area contributed by atoms with Crippen LogP contribution in [0.25, 0.3) is 27.4 Å². The van der Waals surface area contributed by atoms with Gasteiger partial charge in [-0.2, -0.15) is 0 Å². The molecule has 0 fully saturated rings. The van der Waals surface area contributed by atoms with Crippen molar-refractivity contribution in [1.29, 1.82) is 0 Å². The van der Waals surface area contributed by atoms with Crippen molar-refractivity contribution in [3.63, 3.8) is 0 Å². The molecule has 6 heteroatoms. The zero-order chi connectivity index (χ0) is 25.4. The average molecular weight is 535 g/mol. The Balaban J connectivity index is 1.08. The van der Waals surface area contributed by atoms with Gasteiger partial charge in [0.2, 0.25) is 0 Å². The van der Waals surface area contributed by atoms with Gasteiger partial charge in [-0.15, -0.1) is 0 Å². The zero-order valence-corrected chi connectivity index (χ0v) is 23.3. The molecule has 4 heterocycles. The summed E-state index contributed by atoms with van der Waals surface area (Å²) in [5.41, 5.74) is 9.71. The first-order valence-electron chi connectivity index (χ1n) is 13.8. The maximum atomic E-state index is 5.13. The number of nitrogens with one attached hydrogen (secondary N) is 1. The third-order valence-electron chi connectivity index (χ3n) is 8.50. The van der Waals surface area contributed by atoms with Crippen molar-refractivity contribution in [3.05, 3.63) is 94.2 Å². The molecule has 0 radical (unpaired) electrons. The standard InChI is InChI=1S/C32H30N4S2/c1-3-35-25-11-7-5-9-21(25)23-17-19(13-15-27(23)35)29-33-31-32(37-29)34-30(38-31)20-14-16-28-24(18-20)22-10-6-8-12-26(22)36(28)4-2/h5-7,9-11,13-15,17-18,28-29,33H,3-4,8,12,16H2,1-2H3. The van der Waals surface area contributed by atoms with Gasteiger partial charge in [-0.1, -0.05) is 65.6 Å². The van der Waals surface area contributed by atoms with E-state index in [1.54, 1.807) is 17.0 Å². The Kier molecular flexibility index (Phi) is 5.18. The molecular formula is C32H30N4S2. The van der Waals surface area contributed by atoms with Gasteiger partial charge in [-0.05, 0) is 74.1 Å². The third kappa shape index (κ3) is 3.26. The minimum atomic E-state index is 0.196. The zero-order valence-electron chi connectivity index (χ0n) is 21.7. The number of nitrogens with zero attached hydrogens (tertiary/aromatic N) is 3. The molecule has 2 aromatic carbocycles. The molecule has 1 N–H and O–H groups in total. The molecule has 4 aliphatic rings. The Bertz CT molecular complexity index is 1720. The molecule has 2 aliphatic heterocycles. The number of hydrogen-bond acceptors (Lipinski definition) is 5. The smallest absolute Gasteiger partial charge is 0.134 e. The summed E-state index contributed by atoms with van der Waals surface area (Å²) in [7, 11) is 0. The number of thioether (sulfide) groups is 1. The Hall–Kier alpha value is -3.22. The van der Waals surface area contributed by atoms with Crippen molar-refractivity contribution in [2.75, 3.05) is 11.9 Å². The molecule has 0 amide bonds. The maximum absolute atomic E-state index is 5.13. The normalized spacial score (nSPS) is 22.0. The lowest BCUT2D eigenvalue weighted by atomic mass is 9.90. The van der Waals surface area contributed by atoms with E-state index in [0.29, 0.717) is 6.04 Å². The minimum absolute atomic E-state index is 0.196. The summed E-state index contributed by atoms with van der Waals surface area (Å²) in [4.78, 5) is 7.75. The fourth-order valence-electron chi connectivity index (χ4n) is 6.79.